The van der Waals surface area contributed by atoms with E-state index in [1.165, 1.54) is 65.7 Å². The zero-order chi connectivity index (χ0) is 28.6. The molecule has 0 amide bonds. The molecule has 0 radical (unpaired) electrons. The first-order chi connectivity index (χ1) is 21.3. The molecule has 1 nitrogen and oxygen atoms in total. The molecule has 0 aromatic heterocycles. The largest absolute Gasteiger partial charge is 0.355 e. The van der Waals surface area contributed by atoms with E-state index in [9.17, 15) is 0 Å². The second-order valence-corrected chi connectivity index (χ2v) is 11.0. The van der Waals surface area contributed by atoms with Crippen LogP contribution in [0.25, 0.3) is 65.7 Å². The minimum absolute atomic E-state index is 1.06. The minimum Gasteiger partial charge on any atom is -0.355 e. The Morgan fingerprint density at radius 3 is 1.74 bits per heavy atom. The van der Waals surface area contributed by atoms with Gasteiger partial charge in [0.1, 0.15) is 0 Å². The lowest BCUT2D eigenvalue weighted by molar-refractivity contribution is 1.52. The second-order valence-electron chi connectivity index (χ2n) is 11.0. The first kappa shape index (κ1) is 25.1. The molecule has 0 saturated heterocycles. The van der Waals surface area contributed by atoms with Crippen molar-refractivity contribution < 1.29 is 0 Å². The van der Waals surface area contributed by atoms with E-state index in [2.05, 4.69) is 175 Å². The highest BCUT2D eigenvalue weighted by atomic mass is 14.9. The van der Waals surface area contributed by atoms with E-state index in [1.807, 2.05) is 0 Å². The van der Waals surface area contributed by atoms with Crippen molar-refractivity contribution in [2.24, 2.45) is 0 Å². The van der Waals surface area contributed by atoms with Gasteiger partial charge in [-0.15, -0.1) is 0 Å². The lowest BCUT2D eigenvalue weighted by atomic mass is 9.90. The molecule has 0 heterocycles. The molecule has 8 aromatic rings. The van der Waals surface area contributed by atoms with Gasteiger partial charge in [-0.05, 0) is 84.4 Å². The summed E-state index contributed by atoms with van der Waals surface area (Å²) in [5.41, 5.74) is 9.44. The Bertz CT molecular complexity index is 2240. The monoisotopic (exact) mass is 547 g/mol. The summed E-state index contributed by atoms with van der Waals surface area (Å²) in [6.45, 7) is 0. The summed E-state index contributed by atoms with van der Waals surface area (Å²) in [7, 11) is 0. The van der Waals surface area contributed by atoms with E-state index in [4.69, 9.17) is 0 Å². The van der Waals surface area contributed by atoms with Crippen LogP contribution in [0.5, 0.6) is 0 Å². The summed E-state index contributed by atoms with van der Waals surface area (Å²) in [6, 6.07) is 61.0. The average Bonchev–Trinajstić information content (AvgIpc) is 3.08. The SMILES string of the molecule is c1ccc(-c2c(Nc3ccc(-c4cc5ccccc5c5ccccc45)cc3)cccc2-c2cccc3ccccc23)cc1. The number of rotatable bonds is 5. The van der Waals surface area contributed by atoms with Crippen LogP contribution in [-0.4, -0.2) is 0 Å². The van der Waals surface area contributed by atoms with Gasteiger partial charge in [-0.25, -0.2) is 0 Å². The molecule has 0 saturated carbocycles. The Labute approximate surface area is 251 Å². The van der Waals surface area contributed by atoms with Gasteiger partial charge < -0.3 is 5.32 Å². The Kier molecular flexibility index (Phi) is 6.20. The van der Waals surface area contributed by atoms with Crippen molar-refractivity contribution in [3.63, 3.8) is 0 Å². The van der Waals surface area contributed by atoms with Crippen molar-refractivity contribution in [3.05, 3.63) is 170 Å². The third-order valence-corrected chi connectivity index (χ3v) is 8.45. The molecule has 0 fully saturated rings. The van der Waals surface area contributed by atoms with Crippen molar-refractivity contribution in [1.29, 1.82) is 0 Å². The number of fused-ring (bicyclic) bond motifs is 4. The summed E-state index contributed by atoms with van der Waals surface area (Å²) in [6.07, 6.45) is 0. The molecule has 0 aliphatic rings. The highest BCUT2D eigenvalue weighted by Gasteiger charge is 2.15. The topological polar surface area (TPSA) is 12.0 Å². The first-order valence-electron chi connectivity index (χ1n) is 14.8. The number of nitrogens with one attached hydrogen (secondary N) is 1. The third kappa shape index (κ3) is 4.52. The van der Waals surface area contributed by atoms with E-state index in [0.29, 0.717) is 0 Å². The van der Waals surface area contributed by atoms with Gasteiger partial charge in [-0.3, -0.25) is 0 Å². The van der Waals surface area contributed by atoms with Crippen molar-refractivity contribution in [1.82, 2.24) is 0 Å². The lowest BCUT2D eigenvalue weighted by Gasteiger charge is -2.19. The molecule has 1 N–H and O–H groups in total. The van der Waals surface area contributed by atoms with Crippen LogP contribution in [0.3, 0.4) is 0 Å². The van der Waals surface area contributed by atoms with Gasteiger partial charge in [-0.2, -0.15) is 0 Å². The zero-order valence-corrected chi connectivity index (χ0v) is 23.7. The minimum atomic E-state index is 1.06. The van der Waals surface area contributed by atoms with Gasteiger partial charge >= 0.3 is 0 Å². The fraction of sp³-hybridized carbons (Fsp3) is 0. The van der Waals surface area contributed by atoms with E-state index >= 15 is 0 Å². The number of benzene rings is 8. The maximum atomic E-state index is 3.77. The standard InChI is InChI=1S/C42H29N/c1-2-13-31(14-3-1)42-39(37-21-10-16-29-12-4-6-17-34(29)37)22-11-23-41(42)43-33-26-24-30(25-27-33)40-28-32-15-5-7-18-35(32)36-19-8-9-20-38(36)40/h1-28,43H. The highest BCUT2D eigenvalue weighted by Crippen LogP contribution is 2.42. The number of hydrogen-bond acceptors (Lipinski definition) is 1. The molecule has 0 aliphatic heterocycles. The molecule has 0 unspecified atom stereocenters. The molecular formula is C42H29N. The fourth-order valence-electron chi connectivity index (χ4n) is 6.44. The van der Waals surface area contributed by atoms with Crippen molar-refractivity contribution >= 4 is 43.7 Å². The summed E-state index contributed by atoms with van der Waals surface area (Å²) in [5, 5.41) is 11.4. The zero-order valence-electron chi connectivity index (χ0n) is 23.7. The molecule has 0 spiro atoms. The molecule has 202 valence electrons. The van der Waals surface area contributed by atoms with Crippen LogP contribution < -0.4 is 5.32 Å². The molecule has 8 rings (SSSR count). The van der Waals surface area contributed by atoms with Crippen LogP contribution in [0, 0.1) is 0 Å². The molecule has 43 heavy (non-hydrogen) atoms. The van der Waals surface area contributed by atoms with E-state index in [1.54, 1.807) is 0 Å². The van der Waals surface area contributed by atoms with Crippen LogP contribution >= 0.6 is 0 Å². The molecule has 0 atom stereocenters. The quantitative estimate of drug-likeness (QED) is 0.211. The normalized spacial score (nSPS) is 11.3. The van der Waals surface area contributed by atoms with Gasteiger partial charge in [0.05, 0.1) is 0 Å². The lowest BCUT2D eigenvalue weighted by Crippen LogP contribution is -1.96. The maximum Gasteiger partial charge on any atom is 0.0470 e. The Morgan fingerprint density at radius 2 is 0.930 bits per heavy atom. The number of hydrogen-bond donors (Lipinski definition) is 1. The second kappa shape index (κ2) is 10.6. The van der Waals surface area contributed by atoms with Crippen molar-refractivity contribution in [3.8, 4) is 33.4 Å². The summed E-state index contributed by atoms with van der Waals surface area (Å²) >= 11 is 0. The van der Waals surface area contributed by atoms with Gasteiger partial charge in [0.25, 0.3) is 0 Å². The average molecular weight is 548 g/mol. The van der Waals surface area contributed by atoms with Crippen LogP contribution in [0.1, 0.15) is 0 Å². The van der Waals surface area contributed by atoms with Crippen molar-refractivity contribution in [2.45, 2.75) is 0 Å². The molecule has 0 bridgehead atoms. The van der Waals surface area contributed by atoms with E-state index < -0.39 is 0 Å². The van der Waals surface area contributed by atoms with Crippen LogP contribution in [0.2, 0.25) is 0 Å². The maximum absolute atomic E-state index is 3.77. The third-order valence-electron chi connectivity index (χ3n) is 8.45. The highest BCUT2D eigenvalue weighted by molar-refractivity contribution is 6.13. The van der Waals surface area contributed by atoms with Gasteiger partial charge in [0, 0.05) is 16.9 Å². The Balaban J connectivity index is 1.23. The summed E-state index contributed by atoms with van der Waals surface area (Å²) in [5.74, 6) is 0. The smallest absolute Gasteiger partial charge is 0.0470 e. The predicted molar refractivity (Wildman–Crippen MR) is 185 cm³/mol. The Morgan fingerprint density at radius 1 is 0.326 bits per heavy atom. The summed E-state index contributed by atoms with van der Waals surface area (Å²) < 4.78 is 0. The molecule has 0 aliphatic carbocycles. The fourth-order valence-corrected chi connectivity index (χ4v) is 6.44. The molecular weight excluding hydrogens is 518 g/mol. The predicted octanol–water partition coefficient (Wildman–Crippen LogP) is 11.9. The van der Waals surface area contributed by atoms with Gasteiger partial charge in [0.2, 0.25) is 0 Å². The Hall–Kier alpha value is -5.66. The van der Waals surface area contributed by atoms with E-state index in [-0.39, 0.29) is 0 Å². The van der Waals surface area contributed by atoms with E-state index in [0.717, 1.165) is 11.4 Å². The first-order valence-corrected chi connectivity index (χ1v) is 14.8. The van der Waals surface area contributed by atoms with Crippen molar-refractivity contribution in [2.75, 3.05) is 5.32 Å². The molecule has 1 heteroatoms. The van der Waals surface area contributed by atoms with Gasteiger partial charge in [-0.1, -0.05) is 146 Å². The van der Waals surface area contributed by atoms with Gasteiger partial charge in [0.15, 0.2) is 0 Å². The molecule has 8 aromatic carbocycles. The van der Waals surface area contributed by atoms with Crippen LogP contribution in [0.4, 0.5) is 11.4 Å². The number of anilines is 2. The van der Waals surface area contributed by atoms with Crippen LogP contribution in [-0.2, 0) is 0 Å². The van der Waals surface area contributed by atoms with Crippen LogP contribution in [0.15, 0.2) is 170 Å². The summed E-state index contributed by atoms with van der Waals surface area (Å²) in [4.78, 5) is 0.